The molecule has 3 aromatic rings. The van der Waals surface area contributed by atoms with E-state index in [9.17, 15) is 32.3 Å². The number of carbonyl (C=O) groups excluding carboxylic acids is 4. The molecule has 0 unspecified atom stereocenters. The Morgan fingerprint density at radius 3 is 1.78 bits per heavy atom. The van der Waals surface area contributed by atoms with E-state index < -0.39 is 53.9 Å². The quantitative estimate of drug-likeness (QED) is 0.204. The van der Waals surface area contributed by atoms with Crippen LogP contribution in [-0.2, 0) is 51.8 Å². The van der Waals surface area contributed by atoms with E-state index in [0.29, 0.717) is 23.5 Å². The number of hydrogen-bond acceptors (Lipinski definition) is 9. The normalized spacial score (nSPS) is 13.6. The third kappa shape index (κ3) is 10.7. The van der Waals surface area contributed by atoms with Gasteiger partial charge < -0.3 is 34.3 Å². The highest BCUT2D eigenvalue weighted by atomic mass is 19.4. The van der Waals surface area contributed by atoms with E-state index in [2.05, 4.69) is 10.6 Å². The van der Waals surface area contributed by atoms with Gasteiger partial charge in [-0.3, -0.25) is 19.2 Å². The highest BCUT2D eigenvalue weighted by Crippen LogP contribution is 2.42. The molecular formula is C35H39F3N2O9. The molecule has 3 rings (SSSR count). The minimum absolute atomic E-state index is 0.00493. The summed E-state index contributed by atoms with van der Waals surface area (Å²) in [5.74, 6) is -1.88. The Morgan fingerprint density at radius 2 is 1.27 bits per heavy atom. The molecule has 2 amide bonds. The largest absolute Gasteiger partial charge is 0.493 e. The van der Waals surface area contributed by atoms with Gasteiger partial charge in [0, 0.05) is 33.4 Å². The van der Waals surface area contributed by atoms with E-state index in [1.807, 2.05) is 0 Å². The summed E-state index contributed by atoms with van der Waals surface area (Å²) in [7, 11) is 2.23. The summed E-state index contributed by atoms with van der Waals surface area (Å²) in [6.07, 6.45) is -4.81. The minimum Gasteiger partial charge on any atom is -0.493 e. The molecule has 49 heavy (non-hydrogen) atoms. The molecule has 0 aliphatic carbocycles. The number of carbonyl (C=O) groups is 4. The van der Waals surface area contributed by atoms with Crippen molar-refractivity contribution in [3.63, 3.8) is 0 Å². The van der Waals surface area contributed by atoms with E-state index in [-0.39, 0.29) is 24.7 Å². The van der Waals surface area contributed by atoms with Gasteiger partial charge in [-0.1, -0.05) is 48.5 Å². The molecule has 3 aromatic carbocycles. The summed E-state index contributed by atoms with van der Waals surface area (Å²) in [5.41, 5.74) is -2.41. The molecule has 0 fully saturated rings. The molecule has 0 radical (unpaired) electrons. The molecule has 3 atom stereocenters. The highest BCUT2D eigenvalue weighted by Gasteiger charge is 2.62. The predicted molar refractivity (Wildman–Crippen MR) is 171 cm³/mol. The second kappa shape index (κ2) is 17.3. The van der Waals surface area contributed by atoms with Crippen molar-refractivity contribution in [2.45, 2.75) is 57.5 Å². The van der Waals surface area contributed by atoms with Gasteiger partial charge in [-0.2, -0.15) is 13.2 Å². The average molecular weight is 689 g/mol. The number of ether oxygens (including phenoxy) is 5. The molecule has 0 heterocycles. The average Bonchev–Trinajstić information content (AvgIpc) is 3.03. The maximum Gasteiger partial charge on any atom is 0.430 e. The number of methoxy groups -OCH3 is 2. The first-order chi connectivity index (χ1) is 23.2. The third-order valence-electron chi connectivity index (χ3n) is 7.27. The Kier molecular flexibility index (Phi) is 13.6. The fraction of sp³-hybridized carbons (Fsp3) is 0.371. The van der Waals surface area contributed by atoms with E-state index in [4.69, 9.17) is 23.7 Å². The van der Waals surface area contributed by atoms with Crippen LogP contribution in [0.1, 0.15) is 37.5 Å². The van der Waals surface area contributed by atoms with Crippen LogP contribution in [0.2, 0.25) is 0 Å². The van der Waals surface area contributed by atoms with Crippen molar-refractivity contribution in [3.8, 4) is 17.2 Å². The first-order valence-corrected chi connectivity index (χ1v) is 15.1. The number of hydrogen-bond donors (Lipinski definition) is 2. The molecule has 0 saturated heterocycles. The molecule has 0 aromatic heterocycles. The van der Waals surface area contributed by atoms with Crippen LogP contribution < -0.4 is 20.1 Å². The Labute approximate surface area is 282 Å². The molecule has 11 nitrogen and oxygen atoms in total. The van der Waals surface area contributed by atoms with Crippen LogP contribution >= 0.6 is 0 Å². The fourth-order valence-corrected chi connectivity index (χ4v) is 5.05. The molecule has 0 aliphatic rings. The lowest BCUT2D eigenvalue weighted by Gasteiger charge is -2.34. The van der Waals surface area contributed by atoms with Gasteiger partial charge in [0.15, 0.2) is 11.5 Å². The minimum atomic E-state index is -5.14. The molecule has 0 spiro atoms. The van der Waals surface area contributed by atoms with Crippen molar-refractivity contribution >= 4 is 23.8 Å². The Morgan fingerprint density at radius 1 is 0.714 bits per heavy atom. The second-order valence-electron chi connectivity index (χ2n) is 11.1. The standard InChI is InChI=1S/C35H39F3N2O9/c1-22(41)39-28(20-47-23(2)42)17-25-11-14-30(15-12-25)49-32-19-26(13-16-31(32)45-4)18-29(21-48-24(3)43)40-33(44)34(46-5,35(36,37)38)27-9-7-6-8-10-27/h6-16,19,28-29H,17-18,20-21H2,1-5H3,(H,39,41)(H,40,44)/t28-,29-,34+/m0/s1. The van der Waals surface area contributed by atoms with Crippen LogP contribution in [0.4, 0.5) is 13.2 Å². The van der Waals surface area contributed by atoms with Crippen molar-refractivity contribution in [3.05, 3.63) is 89.5 Å². The lowest BCUT2D eigenvalue weighted by Crippen LogP contribution is -2.58. The van der Waals surface area contributed by atoms with Crippen molar-refractivity contribution in [1.82, 2.24) is 10.6 Å². The van der Waals surface area contributed by atoms with Gasteiger partial charge in [0.1, 0.15) is 19.0 Å². The number of halogens is 3. The SMILES string of the molecule is COc1ccc(C[C@@H](COC(C)=O)NC(=O)[C@](OC)(c2ccccc2)C(F)(F)F)cc1Oc1ccc(C[C@@H](COC(C)=O)NC(C)=O)cc1. The highest BCUT2D eigenvalue weighted by molar-refractivity contribution is 5.88. The zero-order chi connectivity index (χ0) is 36.2. The Balaban J connectivity index is 1.84. The van der Waals surface area contributed by atoms with Crippen molar-refractivity contribution in [2.75, 3.05) is 27.4 Å². The predicted octanol–water partition coefficient (Wildman–Crippen LogP) is 4.79. The molecule has 264 valence electrons. The third-order valence-corrected chi connectivity index (χ3v) is 7.27. The van der Waals surface area contributed by atoms with Crippen LogP contribution in [0.5, 0.6) is 17.2 Å². The van der Waals surface area contributed by atoms with E-state index >= 15 is 0 Å². The summed E-state index contributed by atoms with van der Waals surface area (Å²) >= 11 is 0. The first-order valence-electron chi connectivity index (χ1n) is 15.1. The summed E-state index contributed by atoms with van der Waals surface area (Å²) in [4.78, 5) is 47.9. The van der Waals surface area contributed by atoms with Crippen LogP contribution in [0.3, 0.4) is 0 Å². The lowest BCUT2D eigenvalue weighted by atomic mass is 9.91. The first kappa shape index (κ1) is 38.3. The lowest BCUT2D eigenvalue weighted by molar-refractivity contribution is -0.266. The van der Waals surface area contributed by atoms with Gasteiger partial charge >= 0.3 is 18.1 Å². The van der Waals surface area contributed by atoms with Gasteiger partial charge in [-0.05, 0) is 48.2 Å². The Hall–Kier alpha value is -5.11. The topological polar surface area (TPSA) is 138 Å². The summed E-state index contributed by atoms with van der Waals surface area (Å²) in [5, 5.41) is 5.13. The summed E-state index contributed by atoms with van der Waals surface area (Å²) in [6.45, 7) is 3.37. The van der Waals surface area contributed by atoms with E-state index in [1.165, 1.54) is 39.2 Å². The van der Waals surface area contributed by atoms with Gasteiger partial charge in [-0.15, -0.1) is 0 Å². The van der Waals surface area contributed by atoms with Crippen LogP contribution in [0.25, 0.3) is 0 Å². The van der Waals surface area contributed by atoms with E-state index in [1.54, 1.807) is 42.5 Å². The number of nitrogens with one attached hydrogen (secondary N) is 2. The molecule has 0 saturated carbocycles. The maximum atomic E-state index is 14.5. The number of esters is 2. The van der Waals surface area contributed by atoms with Crippen LogP contribution in [-0.4, -0.2) is 69.4 Å². The van der Waals surface area contributed by atoms with Gasteiger partial charge in [0.05, 0.1) is 19.2 Å². The van der Waals surface area contributed by atoms with Crippen LogP contribution in [0, 0.1) is 0 Å². The monoisotopic (exact) mass is 688 g/mol. The van der Waals surface area contributed by atoms with Crippen molar-refractivity contribution in [2.24, 2.45) is 0 Å². The number of rotatable bonds is 16. The number of amides is 2. The molecule has 14 heteroatoms. The zero-order valence-corrected chi connectivity index (χ0v) is 27.7. The molecule has 2 N–H and O–H groups in total. The summed E-state index contributed by atoms with van der Waals surface area (Å²) in [6, 6.07) is 16.7. The van der Waals surface area contributed by atoms with Crippen molar-refractivity contribution < 1.29 is 56.0 Å². The Bertz CT molecular complexity index is 1580. The van der Waals surface area contributed by atoms with Gasteiger partial charge in [-0.25, -0.2) is 0 Å². The fourth-order valence-electron chi connectivity index (χ4n) is 5.05. The van der Waals surface area contributed by atoms with Gasteiger partial charge in [0.2, 0.25) is 5.91 Å². The molecule has 0 bridgehead atoms. The smallest absolute Gasteiger partial charge is 0.430 e. The number of benzene rings is 3. The number of alkyl halides is 3. The maximum absolute atomic E-state index is 14.5. The summed E-state index contributed by atoms with van der Waals surface area (Å²) < 4.78 is 70.1. The van der Waals surface area contributed by atoms with Crippen molar-refractivity contribution in [1.29, 1.82) is 0 Å². The van der Waals surface area contributed by atoms with Gasteiger partial charge in [0.25, 0.3) is 11.5 Å². The second-order valence-corrected chi connectivity index (χ2v) is 11.1. The molecular weight excluding hydrogens is 649 g/mol. The molecule has 0 aliphatic heterocycles. The zero-order valence-electron chi connectivity index (χ0n) is 27.7. The van der Waals surface area contributed by atoms with E-state index in [0.717, 1.165) is 31.7 Å². The van der Waals surface area contributed by atoms with Crippen LogP contribution in [0.15, 0.2) is 72.8 Å².